The first-order chi connectivity index (χ1) is 14.2. The summed E-state index contributed by atoms with van der Waals surface area (Å²) in [5.41, 5.74) is 4.33. The smallest absolute Gasteiger partial charge is 0.104 e. The normalized spacial score (nSPS) is 12.7. The van der Waals surface area contributed by atoms with Crippen molar-refractivity contribution in [1.82, 2.24) is 9.55 Å². The maximum Gasteiger partial charge on any atom is 0.104 e. The number of nitrogens with zero attached hydrogens (tertiary/aromatic N) is 2. The maximum atomic E-state index is 10.7. The van der Waals surface area contributed by atoms with E-state index >= 15 is 0 Å². The highest BCUT2D eigenvalue weighted by Gasteiger charge is 2.19. The van der Waals surface area contributed by atoms with Gasteiger partial charge in [0.15, 0.2) is 0 Å². The van der Waals surface area contributed by atoms with Gasteiger partial charge in [-0.15, -0.1) is 0 Å². The van der Waals surface area contributed by atoms with Crippen molar-refractivity contribution in [3.05, 3.63) is 84.4 Å². The molecule has 0 aliphatic rings. The van der Waals surface area contributed by atoms with Crippen molar-refractivity contribution in [2.24, 2.45) is 0 Å². The molecule has 0 fully saturated rings. The summed E-state index contributed by atoms with van der Waals surface area (Å²) < 4.78 is 1.95. The first-order valence-corrected chi connectivity index (χ1v) is 10.1. The number of nitrogens with two attached hydrogens (primary N) is 1. The number of aliphatic hydroxyl groups is 1. The highest BCUT2D eigenvalue weighted by molar-refractivity contribution is 6.09. The van der Waals surface area contributed by atoms with Crippen molar-refractivity contribution in [3.63, 3.8) is 0 Å². The number of allylic oxidation sites excluding steroid dienone is 1. The maximum absolute atomic E-state index is 10.7. The van der Waals surface area contributed by atoms with Crippen molar-refractivity contribution in [3.8, 4) is 11.3 Å². The fourth-order valence-electron chi connectivity index (χ4n) is 3.33. The molecule has 1 atom stereocenters. The fraction of sp³-hybridized carbons (Fsp3) is 0.250. The lowest BCUT2D eigenvalue weighted by Crippen LogP contribution is -2.78. The third-order valence-electron chi connectivity index (χ3n) is 4.89. The number of quaternary nitrogens is 1. The van der Waals surface area contributed by atoms with Crippen LogP contribution >= 0.6 is 0 Å². The van der Waals surface area contributed by atoms with E-state index in [-0.39, 0.29) is 0 Å². The van der Waals surface area contributed by atoms with E-state index in [1.54, 1.807) is 6.33 Å². The van der Waals surface area contributed by atoms with Crippen LogP contribution in [0.25, 0.3) is 16.8 Å². The molecule has 0 saturated carbocycles. The molecule has 0 bridgehead atoms. The first kappa shape index (κ1) is 20.7. The Bertz CT molecular complexity index is 932. The second kappa shape index (κ2) is 10.5. The van der Waals surface area contributed by atoms with E-state index in [4.69, 9.17) is 5.41 Å². The summed E-state index contributed by atoms with van der Waals surface area (Å²) in [7, 11) is 0. The number of rotatable bonds is 10. The van der Waals surface area contributed by atoms with Crippen molar-refractivity contribution in [1.29, 1.82) is 5.41 Å². The second-order valence-electron chi connectivity index (χ2n) is 7.03. The van der Waals surface area contributed by atoms with Gasteiger partial charge in [0.2, 0.25) is 0 Å². The lowest BCUT2D eigenvalue weighted by Gasteiger charge is -2.15. The second-order valence-corrected chi connectivity index (χ2v) is 7.03. The molecule has 2 aromatic carbocycles. The Hall–Kier alpha value is -3.02. The van der Waals surface area contributed by atoms with Gasteiger partial charge in [-0.3, -0.25) is 0 Å². The van der Waals surface area contributed by atoms with E-state index in [2.05, 4.69) is 17.2 Å². The molecule has 1 unspecified atom stereocenters. The molecule has 29 heavy (non-hydrogen) atoms. The molecule has 0 spiro atoms. The Morgan fingerprint density at radius 2 is 1.83 bits per heavy atom. The van der Waals surface area contributed by atoms with Gasteiger partial charge in [-0.05, 0) is 12.0 Å². The molecule has 4 N–H and O–H groups in total. The molecule has 1 heterocycles. The van der Waals surface area contributed by atoms with Crippen molar-refractivity contribution < 1.29 is 10.4 Å². The van der Waals surface area contributed by atoms with E-state index in [9.17, 15) is 5.11 Å². The standard InChI is InChI=1S/C24H28N4O/c1-2-3-14-26-16-21(15-25)24-23(20-12-8-5-9-13-20)27-18-28(24)17-22(29)19-10-6-4-7-11-19/h4-13,15-16,18,22,25-26,29H,2-3,14,17H2,1H3/p+1/b21-16+,25-15?. The summed E-state index contributed by atoms with van der Waals surface area (Å²) in [5.74, 6) is 0. The predicted octanol–water partition coefficient (Wildman–Crippen LogP) is 3.64. The topological polar surface area (TPSA) is 78.5 Å². The number of nitrogens with one attached hydrogen (secondary N) is 1. The molecule has 0 saturated heterocycles. The van der Waals surface area contributed by atoms with Gasteiger partial charge in [-0.2, -0.15) is 0 Å². The average molecular weight is 390 g/mol. The summed E-state index contributed by atoms with van der Waals surface area (Å²) in [6, 6.07) is 19.6. The lowest BCUT2D eigenvalue weighted by atomic mass is 10.1. The zero-order valence-corrected chi connectivity index (χ0v) is 16.8. The third kappa shape index (κ3) is 5.28. The SMILES string of the molecule is CCCC[NH2+]/C=C(\C=N)c1c(-c2ccccc2)ncn1CC(O)c1ccccc1. The van der Waals surface area contributed by atoms with Gasteiger partial charge >= 0.3 is 0 Å². The lowest BCUT2D eigenvalue weighted by molar-refractivity contribution is -0.587. The molecule has 0 amide bonds. The molecule has 0 aliphatic carbocycles. The van der Waals surface area contributed by atoms with Crippen molar-refractivity contribution >= 4 is 11.8 Å². The van der Waals surface area contributed by atoms with Crippen LogP contribution in [-0.4, -0.2) is 27.4 Å². The predicted molar refractivity (Wildman–Crippen MR) is 118 cm³/mol. The fourth-order valence-corrected chi connectivity index (χ4v) is 3.33. The van der Waals surface area contributed by atoms with Gasteiger partial charge in [-0.25, -0.2) is 4.98 Å². The van der Waals surface area contributed by atoms with Crippen LogP contribution in [0.1, 0.15) is 37.1 Å². The van der Waals surface area contributed by atoms with Crippen LogP contribution in [0.15, 0.2) is 73.2 Å². The molecule has 3 aromatic rings. The van der Waals surface area contributed by atoms with Gasteiger partial charge in [0.1, 0.15) is 6.20 Å². The highest BCUT2D eigenvalue weighted by Crippen LogP contribution is 2.28. The van der Waals surface area contributed by atoms with E-state index in [1.165, 1.54) is 6.21 Å². The Morgan fingerprint density at radius 1 is 1.14 bits per heavy atom. The monoisotopic (exact) mass is 389 g/mol. The van der Waals surface area contributed by atoms with Crippen LogP contribution in [0.3, 0.4) is 0 Å². The molecular formula is C24H29N4O+. The number of hydrogen-bond acceptors (Lipinski definition) is 3. The van der Waals surface area contributed by atoms with Gasteiger partial charge in [0.25, 0.3) is 0 Å². The van der Waals surface area contributed by atoms with Crippen LogP contribution in [-0.2, 0) is 6.54 Å². The summed E-state index contributed by atoms with van der Waals surface area (Å²) in [4.78, 5) is 4.64. The first-order valence-electron chi connectivity index (χ1n) is 10.1. The zero-order valence-electron chi connectivity index (χ0n) is 16.8. The molecule has 150 valence electrons. The Morgan fingerprint density at radius 3 is 2.48 bits per heavy atom. The minimum Gasteiger partial charge on any atom is -0.387 e. The van der Waals surface area contributed by atoms with Crippen LogP contribution in [0.4, 0.5) is 0 Å². The van der Waals surface area contributed by atoms with Crippen molar-refractivity contribution in [2.75, 3.05) is 6.54 Å². The third-order valence-corrected chi connectivity index (χ3v) is 4.89. The average Bonchev–Trinajstić information content (AvgIpc) is 3.18. The Balaban J connectivity index is 1.97. The minimum atomic E-state index is -0.649. The van der Waals surface area contributed by atoms with E-state index in [0.29, 0.717) is 6.54 Å². The van der Waals surface area contributed by atoms with E-state index < -0.39 is 6.10 Å². The molecule has 0 aliphatic heterocycles. The van der Waals surface area contributed by atoms with Crippen LogP contribution in [0, 0.1) is 5.41 Å². The molecular weight excluding hydrogens is 360 g/mol. The van der Waals surface area contributed by atoms with Crippen molar-refractivity contribution in [2.45, 2.75) is 32.4 Å². The molecule has 3 rings (SSSR count). The minimum absolute atomic E-state index is 0.374. The number of imidazole rings is 1. The Labute approximate surface area is 172 Å². The van der Waals surface area contributed by atoms with Crippen LogP contribution < -0.4 is 5.32 Å². The van der Waals surface area contributed by atoms with Gasteiger partial charge in [0.05, 0.1) is 42.5 Å². The van der Waals surface area contributed by atoms with Crippen LogP contribution in [0.2, 0.25) is 0 Å². The van der Waals surface area contributed by atoms with Gasteiger partial charge in [-0.1, -0.05) is 74.0 Å². The summed E-state index contributed by atoms with van der Waals surface area (Å²) in [5, 5.41) is 20.9. The highest BCUT2D eigenvalue weighted by atomic mass is 16.3. The molecule has 5 nitrogen and oxygen atoms in total. The Kier molecular flexibility index (Phi) is 7.50. The largest absolute Gasteiger partial charge is 0.387 e. The molecule has 5 heteroatoms. The number of benzene rings is 2. The molecule has 0 radical (unpaired) electrons. The summed E-state index contributed by atoms with van der Waals surface area (Å²) >= 11 is 0. The summed E-state index contributed by atoms with van der Waals surface area (Å²) in [6.45, 7) is 3.53. The number of hydrogen-bond donors (Lipinski definition) is 3. The van der Waals surface area contributed by atoms with Gasteiger partial charge < -0.3 is 20.4 Å². The summed E-state index contributed by atoms with van der Waals surface area (Å²) in [6.07, 6.45) is 6.74. The number of unbranched alkanes of at least 4 members (excludes halogenated alkanes) is 1. The quantitative estimate of drug-likeness (QED) is 0.366. The van der Waals surface area contributed by atoms with E-state index in [1.807, 2.05) is 71.4 Å². The number of aliphatic hydroxyl groups excluding tert-OH is 1. The van der Waals surface area contributed by atoms with E-state index in [0.717, 1.165) is 47.5 Å². The zero-order chi connectivity index (χ0) is 20.5. The van der Waals surface area contributed by atoms with Gasteiger partial charge in [0, 0.05) is 11.8 Å². The van der Waals surface area contributed by atoms with Crippen LogP contribution in [0.5, 0.6) is 0 Å². The molecule has 1 aromatic heterocycles. The number of aromatic nitrogens is 2.